The number of rotatable bonds is 1. The van der Waals surface area contributed by atoms with E-state index in [4.69, 9.17) is 18.6 Å². The van der Waals surface area contributed by atoms with Crippen molar-refractivity contribution in [2.45, 2.75) is 17.1 Å². The van der Waals surface area contributed by atoms with E-state index in [0.29, 0.717) is 5.25 Å². The van der Waals surface area contributed by atoms with E-state index in [1.54, 1.807) is 0 Å². The zero-order valence-electron chi connectivity index (χ0n) is 11.8. The minimum absolute atomic E-state index is 0.506. The summed E-state index contributed by atoms with van der Waals surface area (Å²) in [6.07, 6.45) is 2.39. The fourth-order valence-corrected chi connectivity index (χ4v) is 3.74. The molecule has 4 nitrogen and oxygen atoms in total. The fourth-order valence-electron chi connectivity index (χ4n) is 2.25. The van der Waals surface area contributed by atoms with Crippen LogP contribution in [0.4, 0.5) is 0 Å². The van der Waals surface area contributed by atoms with Crippen LogP contribution in [-0.2, 0) is 11.8 Å². The zero-order chi connectivity index (χ0) is 16.2. The van der Waals surface area contributed by atoms with Crippen molar-refractivity contribution < 1.29 is 28.9 Å². The van der Waals surface area contributed by atoms with Gasteiger partial charge in [-0.2, -0.15) is 0 Å². The van der Waals surface area contributed by atoms with Crippen LogP contribution < -0.4 is 18.6 Å². The Bertz CT molecular complexity index is 647. The second kappa shape index (κ2) is 7.28. The van der Waals surface area contributed by atoms with Gasteiger partial charge < -0.3 is 0 Å². The van der Waals surface area contributed by atoms with Crippen molar-refractivity contribution in [3.63, 3.8) is 0 Å². The monoisotopic (exact) mass is 338 g/mol. The predicted octanol–water partition coefficient (Wildman–Crippen LogP) is -0.737. The standard InChI is InChI=1S/C16H14S.ClHO4/c1-12-11-16(13-7-3-2-4-8-13)17-15-10-6-5-9-14(12)15;2-1(3,4)5/h2-11,16H,1H3;(H,2,3,4,5). The van der Waals surface area contributed by atoms with Crippen molar-refractivity contribution in [3.05, 3.63) is 71.8 Å². The molecule has 2 aromatic rings. The largest absolute Gasteiger partial charge is 0.222 e. The normalized spacial score (nSPS) is 17.0. The van der Waals surface area contributed by atoms with Gasteiger partial charge in [0.1, 0.15) is 0 Å². The van der Waals surface area contributed by atoms with E-state index >= 15 is 0 Å². The van der Waals surface area contributed by atoms with Crippen molar-refractivity contribution in [1.29, 1.82) is 0 Å². The molecular weight excluding hydrogens is 324 g/mol. The molecule has 0 amide bonds. The van der Waals surface area contributed by atoms with Crippen molar-refractivity contribution in [3.8, 4) is 0 Å². The lowest BCUT2D eigenvalue weighted by molar-refractivity contribution is -2.00. The Morgan fingerprint density at radius 1 is 0.864 bits per heavy atom. The lowest BCUT2D eigenvalue weighted by Gasteiger charge is -2.17. The molecule has 1 aliphatic rings. The lowest BCUT2D eigenvalue weighted by atomic mass is 10.0. The molecular formula is C16H15ClO4S. The summed E-state index contributed by atoms with van der Waals surface area (Å²) in [5.41, 5.74) is 4.21. The summed E-state index contributed by atoms with van der Waals surface area (Å²) in [5, 5.41) is 0.506. The predicted molar refractivity (Wildman–Crippen MR) is 76.3 cm³/mol. The van der Waals surface area contributed by atoms with E-state index in [9.17, 15) is 0 Å². The van der Waals surface area contributed by atoms with Crippen LogP contribution in [0.1, 0.15) is 23.3 Å². The highest BCUT2D eigenvalue weighted by molar-refractivity contribution is 7.79. The van der Waals surface area contributed by atoms with Crippen LogP contribution in [-0.4, -0.2) is 0 Å². The third-order valence-corrected chi connectivity index (χ3v) is 4.55. The van der Waals surface area contributed by atoms with Gasteiger partial charge in [-0.05, 0) is 30.7 Å². The molecule has 0 saturated carbocycles. The van der Waals surface area contributed by atoms with Crippen LogP contribution in [0.15, 0.2) is 65.6 Å². The van der Waals surface area contributed by atoms with Crippen molar-refractivity contribution in [1.82, 2.24) is 0 Å². The highest BCUT2D eigenvalue weighted by Crippen LogP contribution is 2.35. The zero-order valence-corrected chi connectivity index (χ0v) is 13.5. The highest BCUT2D eigenvalue weighted by Gasteiger charge is 2.26. The molecule has 116 valence electrons. The van der Waals surface area contributed by atoms with Gasteiger partial charge in [0.25, 0.3) is 0 Å². The van der Waals surface area contributed by atoms with Crippen molar-refractivity contribution >= 4 is 17.3 Å². The number of allylic oxidation sites excluding steroid dienone is 1. The maximum absolute atomic E-state index is 8.49. The first-order chi connectivity index (χ1) is 10.3. The third-order valence-electron chi connectivity index (χ3n) is 3.16. The van der Waals surface area contributed by atoms with Crippen LogP contribution in [0.2, 0.25) is 0 Å². The van der Waals surface area contributed by atoms with Gasteiger partial charge in [0, 0.05) is 22.9 Å². The molecule has 22 heavy (non-hydrogen) atoms. The van der Waals surface area contributed by atoms with Gasteiger partial charge in [-0.25, -0.2) is 18.6 Å². The summed E-state index contributed by atoms with van der Waals surface area (Å²) < 4.78 is 34.0. The van der Waals surface area contributed by atoms with Crippen LogP contribution in [0.5, 0.6) is 0 Å². The van der Waals surface area contributed by atoms with Crippen molar-refractivity contribution in [2.24, 2.45) is 0 Å². The molecule has 1 aliphatic heterocycles. The molecule has 3 rings (SSSR count). The Balaban J connectivity index is 0.000000309. The van der Waals surface area contributed by atoms with E-state index in [-0.39, 0.29) is 0 Å². The Labute approximate surface area is 135 Å². The van der Waals surface area contributed by atoms with Gasteiger partial charge in [-0.15, -0.1) is 10.2 Å². The molecule has 1 heterocycles. The van der Waals surface area contributed by atoms with Gasteiger partial charge >= 0.3 is 0 Å². The highest BCUT2D eigenvalue weighted by atomic mass is 35.7. The first-order valence-electron chi connectivity index (χ1n) is 6.50. The summed E-state index contributed by atoms with van der Waals surface area (Å²) in [7, 11) is -4.94. The minimum atomic E-state index is -4.94. The van der Waals surface area contributed by atoms with E-state index in [0.717, 1.165) is 0 Å². The Hall–Kier alpha value is -1.34. The average molecular weight is 339 g/mol. The lowest BCUT2D eigenvalue weighted by Crippen LogP contribution is -2.68. The first-order valence-corrected chi connectivity index (χ1v) is 8.70. The summed E-state index contributed by atoms with van der Waals surface area (Å²) in [6, 6.07) is 19.5. The maximum Gasteiger partial charge on any atom is 0.165 e. The Morgan fingerprint density at radius 2 is 1.41 bits per heavy atom. The van der Waals surface area contributed by atoms with E-state index in [1.165, 1.54) is 33.4 Å². The fraction of sp³-hybridized carbons (Fsp3) is 0.125. The summed E-state index contributed by atoms with van der Waals surface area (Å²) >= 11 is 1.39. The van der Waals surface area contributed by atoms with Crippen LogP contribution in [0.3, 0.4) is 0 Å². The van der Waals surface area contributed by atoms with Gasteiger partial charge in [-0.1, -0.05) is 42.5 Å². The molecule has 0 aromatic heterocycles. The molecule has 1 unspecified atom stereocenters. The second-order valence-electron chi connectivity index (χ2n) is 4.73. The third kappa shape index (κ3) is 5.14. The summed E-state index contributed by atoms with van der Waals surface area (Å²) in [5.74, 6) is 0. The molecule has 0 N–H and O–H groups in total. The van der Waals surface area contributed by atoms with E-state index < -0.39 is 10.2 Å². The van der Waals surface area contributed by atoms with Gasteiger partial charge in [0.15, 0.2) is 10.1 Å². The molecule has 6 heteroatoms. The van der Waals surface area contributed by atoms with Crippen LogP contribution in [0.25, 0.3) is 5.57 Å². The first kappa shape index (κ1) is 17.0. The van der Waals surface area contributed by atoms with Crippen LogP contribution in [0, 0.1) is 10.2 Å². The van der Waals surface area contributed by atoms with E-state index in [2.05, 4.69) is 67.6 Å². The number of fused-ring (bicyclic) bond motifs is 1. The Morgan fingerprint density at radius 3 is 2.05 bits per heavy atom. The number of halogens is 1. The molecule has 0 fully saturated rings. The molecule has 2 aromatic carbocycles. The SMILES string of the molecule is CC1=CC(c2ccccc2)[SH+]c2ccccc21.[O-][Cl+3]([O-])([O-])[O-]. The summed E-state index contributed by atoms with van der Waals surface area (Å²) in [4.78, 5) is 1.45. The molecule has 0 spiro atoms. The quantitative estimate of drug-likeness (QED) is 0.506. The summed E-state index contributed by atoms with van der Waals surface area (Å²) in [6.45, 7) is 2.21. The molecule has 0 radical (unpaired) electrons. The average Bonchev–Trinajstić information content (AvgIpc) is 2.46. The molecule has 0 saturated heterocycles. The minimum Gasteiger partial charge on any atom is -0.222 e. The maximum atomic E-state index is 8.49. The van der Waals surface area contributed by atoms with Gasteiger partial charge in [-0.3, -0.25) is 0 Å². The number of hydrogen-bond donors (Lipinski definition) is 0. The van der Waals surface area contributed by atoms with E-state index in [1.807, 2.05) is 0 Å². The van der Waals surface area contributed by atoms with Gasteiger partial charge in [0.2, 0.25) is 0 Å². The smallest absolute Gasteiger partial charge is 0.165 e. The molecule has 1 atom stereocenters. The molecule has 0 bridgehead atoms. The molecule has 0 aliphatic carbocycles. The number of benzene rings is 2. The van der Waals surface area contributed by atoms with Gasteiger partial charge in [0.05, 0.1) is 0 Å². The van der Waals surface area contributed by atoms with Crippen molar-refractivity contribution in [2.75, 3.05) is 0 Å². The van der Waals surface area contributed by atoms with Crippen LogP contribution >= 0.6 is 0 Å². The topological polar surface area (TPSA) is 92.2 Å². The number of thiol groups is 1. The number of hydrogen-bond acceptors (Lipinski definition) is 4. The Kier molecular flexibility index (Phi) is 5.63. The second-order valence-corrected chi connectivity index (χ2v) is 6.78.